The molecular formula is C17H18N4O3S2. The first-order chi connectivity index (χ1) is 12.4. The summed E-state index contributed by atoms with van der Waals surface area (Å²) < 4.78 is 36.9. The van der Waals surface area contributed by atoms with Crippen molar-refractivity contribution in [2.75, 3.05) is 5.75 Å². The summed E-state index contributed by atoms with van der Waals surface area (Å²) in [5.41, 5.74) is 1.95. The number of fused-ring (bicyclic) bond motifs is 1. The number of rotatable bonds is 6. The van der Waals surface area contributed by atoms with Crippen LogP contribution in [0.15, 0.2) is 59.0 Å². The Morgan fingerprint density at radius 2 is 2.08 bits per heavy atom. The number of aromatic nitrogens is 2. The normalized spacial score (nSPS) is 13.1. The first-order valence-electron chi connectivity index (χ1n) is 7.97. The van der Waals surface area contributed by atoms with Crippen LogP contribution < -0.4 is 9.37 Å². The van der Waals surface area contributed by atoms with Crippen molar-refractivity contribution in [3.8, 4) is 0 Å². The molecule has 0 saturated heterocycles. The van der Waals surface area contributed by atoms with Crippen LogP contribution in [0.5, 0.6) is 0 Å². The average molecular weight is 390 g/mol. The van der Waals surface area contributed by atoms with Gasteiger partial charge in [0.2, 0.25) is 4.80 Å². The Bertz CT molecular complexity index is 1110. The van der Waals surface area contributed by atoms with Crippen LogP contribution >= 0.6 is 11.3 Å². The molecule has 0 aliphatic carbocycles. The van der Waals surface area contributed by atoms with E-state index in [0.717, 1.165) is 20.6 Å². The highest BCUT2D eigenvalue weighted by molar-refractivity contribution is 7.85. The summed E-state index contributed by atoms with van der Waals surface area (Å²) in [7, 11) is -2.22. The van der Waals surface area contributed by atoms with Crippen molar-refractivity contribution in [1.82, 2.24) is 4.57 Å². The zero-order valence-electron chi connectivity index (χ0n) is 14.1. The molecule has 0 N–H and O–H groups in total. The Kier molecular flexibility index (Phi) is 5.60. The zero-order valence-corrected chi connectivity index (χ0v) is 15.8. The molecule has 0 radical (unpaired) electrons. The molecule has 1 aromatic carbocycles. The monoisotopic (exact) mass is 390 g/mol. The van der Waals surface area contributed by atoms with Crippen molar-refractivity contribution in [1.29, 1.82) is 0 Å². The molecule has 7 nitrogen and oxygen atoms in total. The van der Waals surface area contributed by atoms with Crippen molar-refractivity contribution in [3.63, 3.8) is 0 Å². The van der Waals surface area contributed by atoms with Gasteiger partial charge in [0.25, 0.3) is 0 Å². The molecule has 0 aliphatic heterocycles. The number of pyridine rings is 1. The predicted molar refractivity (Wildman–Crippen MR) is 99.8 cm³/mol. The van der Waals surface area contributed by atoms with E-state index in [2.05, 4.69) is 10.2 Å². The molecule has 26 heavy (non-hydrogen) atoms. The molecule has 0 unspecified atom stereocenters. The molecule has 3 aromatic rings. The van der Waals surface area contributed by atoms with Gasteiger partial charge in [-0.1, -0.05) is 23.5 Å². The van der Waals surface area contributed by atoms with Crippen LogP contribution in [0.3, 0.4) is 0 Å². The van der Waals surface area contributed by atoms with Crippen LogP contribution in [-0.4, -0.2) is 29.5 Å². The van der Waals surface area contributed by atoms with Crippen LogP contribution in [0.2, 0.25) is 0 Å². The standard InChI is InChI=1S/C17H18N4O3S2/c1-20-15-7-2-3-8-16(15)25-17(20)19-18-12-14-6-4-9-21(13-14)10-5-11-26(22,23)24/h2-4,6-9,12-13H,5,10-11H2,1H3/b18-12+,19-17+. The van der Waals surface area contributed by atoms with Gasteiger partial charge in [0.1, 0.15) is 6.54 Å². The summed E-state index contributed by atoms with van der Waals surface area (Å²) in [5.74, 6) is -0.365. The second-order valence-corrected chi connectivity index (χ2v) is 8.28. The molecule has 0 amide bonds. The summed E-state index contributed by atoms with van der Waals surface area (Å²) >= 11 is 1.57. The van der Waals surface area contributed by atoms with Gasteiger partial charge in [-0.05, 0) is 18.2 Å². The number of aryl methyl sites for hydroxylation is 2. The molecule has 2 aromatic heterocycles. The molecule has 0 saturated carbocycles. The van der Waals surface area contributed by atoms with Crippen molar-refractivity contribution in [2.24, 2.45) is 17.3 Å². The van der Waals surface area contributed by atoms with Crippen LogP contribution in [0.25, 0.3) is 10.2 Å². The van der Waals surface area contributed by atoms with Gasteiger partial charge in [-0.2, -0.15) is 5.10 Å². The number of thiazole rings is 1. The quantitative estimate of drug-likeness (QED) is 0.276. The third kappa shape index (κ3) is 4.84. The summed E-state index contributed by atoms with van der Waals surface area (Å²) in [6.07, 6.45) is 5.57. The van der Waals surface area contributed by atoms with E-state index < -0.39 is 10.1 Å². The van der Waals surface area contributed by atoms with Gasteiger partial charge in [0.05, 0.1) is 32.1 Å². The highest BCUT2D eigenvalue weighted by atomic mass is 32.2. The van der Waals surface area contributed by atoms with Gasteiger partial charge in [0, 0.05) is 25.3 Å². The molecule has 0 spiro atoms. The Morgan fingerprint density at radius 1 is 1.27 bits per heavy atom. The smallest absolute Gasteiger partial charge is 0.211 e. The second-order valence-electron chi connectivity index (χ2n) is 5.75. The SMILES string of the molecule is Cn1/c(=N\N=C\c2ccc[n+](CCCS(=O)(=O)[O-])c2)sc2ccccc21. The average Bonchev–Trinajstić information content (AvgIpc) is 2.91. The number of benzene rings is 1. The van der Waals surface area contributed by atoms with E-state index in [-0.39, 0.29) is 12.2 Å². The van der Waals surface area contributed by atoms with E-state index in [0.29, 0.717) is 6.54 Å². The van der Waals surface area contributed by atoms with E-state index in [1.165, 1.54) is 0 Å². The fourth-order valence-electron chi connectivity index (χ4n) is 2.50. The fourth-order valence-corrected chi connectivity index (χ4v) is 3.96. The minimum Gasteiger partial charge on any atom is -0.748 e. The van der Waals surface area contributed by atoms with Gasteiger partial charge in [0.15, 0.2) is 12.4 Å². The molecule has 3 rings (SSSR count). The van der Waals surface area contributed by atoms with E-state index in [1.54, 1.807) is 17.6 Å². The zero-order chi connectivity index (χ0) is 18.6. The van der Waals surface area contributed by atoms with Crippen LogP contribution in [0, 0.1) is 0 Å². The Labute approximate surface area is 155 Å². The molecule has 0 fully saturated rings. The van der Waals surface area contributed by atoms with Crippen LogP contribution in [0.1, 0.15) is 12.0 Å². The summed E-state index contributed by atoms with van der Waals surface area (Å²) in [6.45, 7) is 0.450. The first kappa shape index (κ1) is 18.4. The lowest BCUT2D eigenvalue weighted by molar-refractivity contribution is -0.696. The first-order valence-corrected chi connectivity index (χ1v) is 10.4. The largest absolute Gasteiger partial charge is 0.748 e. The van der Waals surface area contributed by atoms with E-state index in [1.807, 2.05) is 65.0 Å². The van der Waals surface area contributed by atoms with Gasteiger partial charge >= 0.3 is 0 Å². The predicted octanol–water partition coefficient (Wildman–Crippen LogP) is 1.40. The summed E-state index contributed by atoms with van der Waals surface area (Å²) in [6, 6.07) is 11.8. The Balaban J connectivity index is 1.74. The maximum Gasteiger partial charge on any atom is 0.211 e. The summed E-state index contributed by atoms with van der Waals surface area (Å²) in [4.78, 5) is 0.798. The molecular weight excluding hydrogens is 372 g/mol. The van der Waals surface area contributed by atoms with Crippen molar-refractivity contribution < 1.29 is 17.5 Å². The van der Waals surface area contributed by atoms with Gasteiger partial charge in [-0.25, -0.2) is 13.0 Å². The molecule has 2 heterocycles. The van der Waals surface area contributed by atoms with Gasteiger partial charge < -0.3 is 9.12 Å². The minimum absolute atomic E-state index is 0.277. The summed E-state index contributed by atoms with van der Waals surface area (Å²) in [5, 5.41) is 8.44. The van der Waals surface area contributed by atoms with Crippen molar-refractivity contribution in [3.05, 3.63) is 59.2 Å². The molecule has 0 atom stereocenters. The molecule has 0 aliphatic rings. The highest BCUT2D eigenvalue weighted by Crippen LogP contribution is 2.15. The van der Waals surface area contributed by atoms with Crippen molar-refractivity contribution in [2.45, 2.75) is 13.0 Å². The van der Waals surface area contributed by atoms with Crippen LogP contribution in [-0.2, 0) is 23.7 Å². The third-order valence-electron chi connectivity index (χ3n) is 3.76. The Morgan fingerprint density at radius 3 is 2.85 bits per heavy atom. The number of para-hydroxylation sites is 1. The van der Waals surface area contributed by atoms with E-state index >= 15 is 0 Å². The van der Waals surface area contributed by atoms with E-state index in [4.69, 9.17) is 0 Å². The highest BCUT2D eigenvalue weighted by Gasteiger charge is 2.04. The van der Waals surface area contributed by atoms with E-state index in [9.17, 15) is 13.0 Å². The van der Waals surface area contributed by atoms with Gasteiger partial charge in [-0.15, -0.1) is 5.10 Å². The maximum absolute atomic E-state index is 10.7. The fraction of sp³-hybridized carbons (Fsp3) is 0.235. The molecule has 136 valence electrons. The third-order valence-corrected chi connectivity index (χ3v) is 5.65. The number of nitrogens with zero attached hydrogens (tertiary/aromatic N) is 4. The lowest BCUT2D eigenvalue weighted by atomic mass is 10.3. The molecule has 9 heteroatoms. The topological polar surface area (TPSA) is 90.7 Å². The number of hydrogen-bond acceptors (Lipinski definition) is 6. The maximum atomic E-state index is 10.7. The Hall–Kier alpha value is -2.36. The lowest BCUT2D eigenvalue weighted by Crippen LogP contribution is -2.34. The molecule has 0 bridgehead atoms. The lowest BCUT2D eigenvalue weighted by Gasteiger charge is -2.04. The van der Waals surface area contributed by atoms with Crippen molar-refractivity contribution >= 4 is 37.9 Å². The van der Waals surface area contributed by atoms with Crippen LogP contribution in [0.4, 0.5) is 0 Å². The minimum atomic E-state index is -4.17. The number of hydrogen-bond donors (Lipinski definition) is 0. The van der Waals surface area contributed by atoms with Gasteiger partial charge in [-0.3, -0.25) is 0 Å². The second kappa shape index (κ2) is 7.90.